The number of fused-ring (bicyclic) bond motifs is 1. The minimum atomic E-state index is -0.0477. The Balaban J connectivity index is 1.28. The average molecular weight is 347 g/mol. The van der Waals surface area contributed by atoms with Crippen LogP contribution >= 0.6 is 0 Å². The van der Waals surface area contributed by atoms with Crippen molar-refractivity contribution >= 4 is 11.7 Å². The molecule has 3 aliphatic rings. The van der Waals surface area contributed by atoms with Crippen molar-refractivity contribution in [2.45, 2.75) is 31.4 Å². The Morgan fingerprint density at radius 1 is 1.16 bits per heavy atom. The molecule has 1 aromatic carbocycles. The Labute approximate surface area is 147 Å². The van der Waals surface area contributed by atoms with Crippen LogP contribution in [0.1, 0.15) is 19.3 Å². The molecule has 0 aliphatic carbocycles. The fraction of sp³-hybridized carbons (Fsp3) is 0.611. The van der Waals surface area contributed by atoms with Crippen molar-refractivity contribution < 1.29 is 19.0 Å². The van der Waals surface area contributed by atoms with E-state index in [0.717, 1.165) is 56.9 Å². The molecule has 25 heavy (non-hydrogen) atoms. The first-order chi connectivity index (χ1) is 12.2. The Kier molecular flexibility index (Phi) is 4.67. The van der Waals surface area contributed by atoms with Gasteiger partial charge in [0.2, 0.25) is 6.79 Å². The van der Waals surface area contributed by atoms with Crippen LogP contribution in [0.3, 0.4) is 0 Å². The number of hydrogen-bond acceptors (Lipinski definition) is 5. The van der Waals surface area contributed by atoms with Gasteiger partial charge in [-0.1, -0.05) is 0 Å². The van der Waals surface area contributed by atoms with E-state index in [2.05, 4.69) is 10.2 Å². The Morgan fingerprint density at radius 3 is 2.72 bits per heavy atom. The van der Waals surface area contributed by atoms with Crippen molar-refractivity contribution in [3.05, 3.63) is 18.2 Å². The van der Waals surface area contributed by atoms with Crippen molar-refractivity contribution in [1.82, 2.24) is 9.80 Å². The summed E-state index contributed by atoms with van der Waals surface area (Å²) in [5.41, 5.74) is 0.735. The number of benzene rings is 1. The molecule has 0 spiro atoms. The standard InChI is InChI=1S/C18H25N3O4/c1-23-15-6-9-21(11-15)14-4-7-20(8-5-14)18(22)19-13-2-3-16-17(10-13)25-12-24-16/h2-3,10,14-15H,4-9,11-12H2,1H3,(H,19,22). The molecule has 4 rings (SSSR count). The molecule has 2 saturated heterocycles. The van der Waals surface area contributed by atoms with Crippen molar-refractivity contribution in [2.24, 2.45) is 0 Å². The summed E-state index contributed by atoms with van der Waals surface area (Å²) < 4.78 is 16.1. The maximum Gasteiger partial charge on any atom is 0.321 e. The van der Waals surface area contributed by atoms with Gasteiger partial charge in [0.25, 0.3) is 0 Å². The van der Waals surface area contributed by atoms with Crippen LogP contribution in [0.2, 0.25) is 0 Å². The van der Waals surface area contributed by atoms with Gasteiger partial charge in [0.05, 0.1) is 6.10 Å². The number of carbonyl (C=O) groups is 1. The van der Waals surface area contributed by atoms with Crippen molar-refractivity contribution in [3.63, 3.8) is 0 Å². The minimum absolute atomic E-state index is 0.0477. The molecule has 7 heteroatoms. The molecule has 2 amide bonds. The fourth-order valence-electron chi connectivity index (χ4n) is 3.89. The highest BCUT2D eigenvalue weighted by Gasteiger charge is 2.31. The predicted octanol–water partition coefficient (Wildman–Crippen LogP) is 2.13. The average Bonchev–Trinajstić information content (AvgIpc) is 3.30. The molecule has 1 atom stereocenters. The smallest absolute Gasteiger partial charge is 0.321 e. The number of urea groups is 1. The van der Waals surface area contributed by atoms with Gasteiger partial charge in [-0.3, -0.25) is 4.90 Å². The monoisotopic (exact) mass is 347 g/mol. The van der Waals surface area contributed by atoms with Gasteiger partial charge in [0.1, 0.15) is 0 Å². The number of rotatable bonds is 3. The summed E-state index contributed by atoms with van der Waals surface area (Å²) in [6, 6.07) is 5.99. The second kappa shape index (κ2) is 7.09. The zero-order valence-corrected chi connectivity index (χ0v) is 14.6. The maximum atomic E-state index is 12.5. The molecule has 0 aromatic heterocycles. The third kappa shape index (κ3) is 3.52. The van der Waals surface area contributed by atoms with Crippen molar-refractivity contribution in [3.8, 4) is 11.5 Å². The molecule has 1 unspecified atom stereocenters. The lowest BCUT2D eigenvalue weighted by Crippen LogP contribution is -2.47. The zero-order chi connectivity index (χ0) is 17.2. The van der Waals surface area contributed by atoms with Gasteiger partial charge in [-0.25, -0.2) is 4.79 Å². The minimum Gasteiger partial charge on any atom is -0.454 e. The third-order valence-electron chi connectivity index (χ3n) is 5.40. The van der Waals surface area contributed by atoms with E-state index in [4.69, 9.17) is 14.2 Å². The summed E-state index contributed by atoms with van der Waals surface area (Å²) in [6.45, 7) is 3.93. The largest absolute Gasteiger partial charge is 0.454 e. The van der Waals surface area contributed by atoms with Crippen LogP contribution in [0, 0.1) is 0 Å². The lowest BCUT2D eigenvalue weighted by Gasteiger charge is -2.36. The summed E-state index contributed by atoms with van der Waals surface area (Å²) >= 11 is 0. The highest BCUT2D eigenvalue weighted by atomic mass is 16.7. The van der Waals surface area contributed by atoms with E-state index in [-0.39, 0.29) is 12.8 Å². The summed E-state index contributed by atoms with van der Waals surface area (Å²) in [5.74, 6) is 1.40. The first-order valence-electron chi connectivity index (χ1n) is 8.95. The van der Waals surface area contributed by atoms with Crippen molar-refractivity contribution in [1.29, 1.82) is 0 Å². The molecule has 3 aliphatic heterocycles. The molecule has 7 nitrogen and oxygen atoms in total. The van der Waals surface area contributed by atoms with Crippen LogP contribution in [0.15, 0.2) is 18.2 Å². The number of methoxy groups -OCH3 is 1. The summed E-state index contributed by atoms with van der Waals surface area (Å²) in [4.78, 5) is 16.9. The molecule has 136 valence electrons. The maximum absolute atomic E-state index is 12.5. The first kappa shape index (κ1) is 16.5. The Hall–Kier alpha value is -1.99. The predicted molar refractivity (Wildman–Crippen MR) is 93.2 cm³/mol. The van der Waals surface area contributed by atoms with Crippen LogP contribution in [0.4, 0.5) is 10.5 Å². The molecule has 0 saturated carbocycles. The van der Waals surface area contributed by atoms with Gasteiger partial charge >= 0.3 is 6.03 Å². The first-order valence-corrected chi connectivity index (χ1v) is 8.95. The number of hydrogen-bond donors (Lipinski definition) is 1. The van der Waals surface area contributed by atoms with Crippen LogP contribution in [-0.4, -0.2) is 68.1 Å². The number of likely N-dealkylation sites (tertiary alicyclic amines) is 2. The Morgan fingerprint density at radius 2 is 1.96 bits per heavy atom. The third-order valence-corrected chi connectivity index (χ3v) is 5.40. The molecule has 2 fully saturated rings. The van der Waals surface area contributed by atoms with Gasteiger partial charge in [-0.2, -0.15) is 0 Å². The second-order valence-electron chi connectivity index (χ2n) is 6.86. The molecule has 3 heterocycles. The number of piperidine rings is 1. The molecule has 1 N–H and O–H groups in total. The zero-order valence-electron chi connectivity index (χ0n) is 14.6. The summed E-state index contributed by atoms with van der Waals surface area (Å²) in [7, 11) is 1.79. The van der Waals surface area contributed by atoms with Crippen LogP contribution < -0.4 is 14.8 Å². The normalized spacial score (nSPS) is 23.9. The van der Waals surface area contributed by atoms with E-state index >= 15 is 0 Å². The molecular formula is C18H25N3O4. The lowest BCUT2D eigenvalue weighted by molar-refractivity contribution is 0.0889. The van der Waals surface area contributed by atoms with Crippen LogP contribution in [-0.2, 0) is 4.74 Å². The van der Waals surface area contributed by atoms with Crippen LogP contribution in [0.5, 0.6) is 11.5 Å². The number of nitrogens with one attached hydrogen (secondary N) is 1. The summed E-state index contributed by atoms with van der Waals surface area (Å²) in [6.07, 6.45) is 3.52. The van der Waals surface area contributed by atoms with E-state index in [0.29, 0.717) is 17.9 Å². The highest BCUT2D eigenvalue weighted by molar-refractivity contribution is 5.89. The van der Waals surface area contributed by atoms with E-state index in [1.165, 1.54) is 0 Å². The van der Waals surface area contributed by atoms with Crippen molar-refractivity contribution in [2.75, 3.05) is 45.4 Å². The van der Waals surface area contributed by atoms with Gasteiger partial charge in [0, 0.05) is 51.1 Å². The highest BCUT2D eigenvalue weighted by Crippen LogP contribution is 2.34. The van der Waals surface area contributed by atoms with Crippen LogP contribution in [0.25, 0.3) is 0 Å². The fourth-order valence-corrected chi connectivity index (χ4v) is 3.89. The van der Waals surface area contributed by atoms with Gasteiger partial charge in [-0.15, -0.1) is 0 Å². The molecular weight excluding hydrogens is 322 g/mol. The molecule has 1 aromatic rings. The molecule has 0 bridgehead atoms. The molecule has 0 radical (unpaired) electrons. The van der Waals surface area contributed by atoms with E-state index < -0.39 is 0 Å². The SMILES string of the molecule is COC1CCN(C2CCN(C(=O)Nc3ccc4c(c3)OCO4)CC2)C1. The topological polar surface area (TPSA) is 63.3 Å². The summed E-state index contributed by atoms with van der Waals surface area (Å²) in [5, 5.41) is 2.96. The number of anilines is 1. The lowest BCUT2D eigenvalue weighted by atomic mass is 10.0. The van der Waals surface area contributed by atoms with E-state index in [1.807, 2.05) is 23.1 Å². The quantitative estimate of drug-likeness (QED) is 0.908. The van der Waals surface area contributed by atoms with Gasteiger partial charge in [-0.05, 0) is 31.4 Å². The number of amides is 2. The number of ether oxygens (including phenoxy) is 3. The van der Waals surface area contributed by atoms with Gasteiger partial charge in [0.15, 0.2) is 11.5 Å². The number of carbonyl (C=O) groups excluding carboxylic acids is 1. The van der Waals surface area contributed by atoms with Gasteiger partial charge < -0.3 is 24.4 Å². The van der Waals surface area contributed by atoms with E-state index in [1.54, 1.807) is 7.11 Å². The van der Waals surface area contributed by atoms with E-state index in [9.17, 15) is 4.79 Å². The Bertz CT molecular complexity index is 631. The number of nitrogens with zero attached hydrogens (tertiary/aromatic N) is 2. The second-order valence-corrected chi connectivity index (χ2v) is 6.86.